The monoisotopic (exact) mass is 278 g/mol. The van der Waals surface area contributed by atoms with Gasteiger partial charge in [0.1, 0.15) is 5.54 Å². The maximum atomic E-state index is 12.9. The van der Waals surface area contributed by atoms with Gasteiger partial charge in [-0.05, 0) is 19.9 Å². The number of carbonyl (C=O) groups excluding carboxylic acids is 3. The minimum absolute atomic E-state index is 0.0245. The molecule has 0 aromatic heterocycles. The van der Waals surface area contributed by atoms with Crippen molar-refractivity contribution >= 4 is 17.6 Å². The maximum Gasteiger partial charge on any atom is 0.254 e. The molecule has 5 nitrogen and oxygen atoms in total. The van der Waals surface area contributed by atoms with Crippen molar-refractivity contribution in [3.05, 3.63) is 12.2 Å². The van der Waals surface area contributed by atoms with Crippen molar-refractivity contribution in [2.75, 3.05) is 20.1 Å². The van der Waals surface area contributed by atoms with Crippen molar-refractivity contribution in [2.45, 2.75) is 39.2 Å². The smallest absolute Gasteiger partial charge is 0.254 e. The molecule has 0 aromatic rings. The Hall–Kier alpha value is -1.49. The summed E-state index contributed by atoms with van der Waals surface area (Å²) in [5.41, 5.74) is -1.57. The molecule has 0 saturated carbocycles. The molecule has 20 heavy (non-hydrogen) atoms. The van der Waals surface area contributed by atoms with Crippen LogP contribution in [0.25, 0.3) is 0 Å². The van der Waals surface area contributed by atoms with Crippen molar-refractivity contribution in [3.63, 3.8) is 0 Å². The Bertz CT molecular complexity index is 462. The molecule has 0 aliphatic carbocycles. The summed E-state index contributed by atoms with van der Waals surface area (Å²) < 4.78 is 0. The van der Waals surface area contributed by atoms with Gasteiger partial charge in [0, 0.05) is 30.7 Å². The van der Waals surface area contributed by atoms with Crippen LogP contribution < -0.4 is 0 Å². The lowest BCUT2D eigenvalue weighted by molar-refractivity contribution is -0.158. The Morgan fingerprint density at radius 3 is 1.95 bits per heavy atom. The largest absolute Gasteiger partial charge is 0.306 e. The second-order valence-electron chi connectivity index (χ2n) is 6.76. The zero-order valence-electron chi connectivity index (χ0n) is 12.6. The van der Waals surface area contributed by atoms with Crippen molar-refractivity contribution in [1.82, 2.24) is 9.80 Å². The average Bonchev–Trinajstić information content (AvgIpc) is 2.69. The Morgan fingerprint density at radius 2 is 1.55 bits per heavy atom. The van der Waals surface area contributed by atoms with E-state index >= 15 is 0 Å². The Balaban J connectivity index is 2.43. The summed E-state index contributed by atoms with van der Waals surface area (Å²) >= 11 is 0. The van der Waals surface area contributed by atoms with E-state index in [1.165, 1.54) is 17.1 Å². The number of imide groups is 1. The van der Waals surface area contributed by atoms with Crippen LogP contribution in [0.2, 0.25) is 0 Å². The van der Waals surface area contributed by atoms with Gasteiger partial charge in [0.2, 0.25) is 0 Å². The molecule has 0 aromatic carbocycles. The van der Waals surface area contributed by atoms with Gasteiger partial charge in [-0.25, -0.2) is 0 Å². The molecule has 2 amide bonds. The number of Topliss-reactive ketones (excluding diaryl/α,β-unsaturated/α-hetero) is 1. The molecule has 2 heterocycles. The van der Waals surface area contributed by atoms with Crippen LogP contribution in [0.4, 0.5) is 0 Å². The lowest BCUT2D eigenvalue weighted by atomic mass is 9.72. The quantitative estimate of drug-likeness (QED) is 0.707. The van der Waals surface area contributed by atoms with Crippen LogP contribution in [0.3, 0.4) is 0 Å². The summed E-state index contributed by atoms with van der Waals surface area (Å²) in [5.74, 6) is -0.752. The van der Waals surface area contributed by atoms with Gasteiger partial charge in [-0.1, -0.05) is 20.8 Å². The molecule has 110 valence electrons. The van der Waals surface area contributed by atoms with Crippen molar-refractivity contribution in [1.29, 1.82) is 0 Å². The highest BCUT2D eigenvalue weighted by molar-refractivity contribution is 6.16. The molecule has 1 saturated heterocycles. The van der Waals surface area contributed by atoms with Gasteiger partial charge >= 0.3 is 0 Å². The van der Waals surface area contributed by atoms with Crippen LogP contribution in [0.5, 0.6) is 0 Å². The van der Waals surface area contributed by atoms with Crippen molar-refractivity contribution in [2.24, 2.45) is 5.41 Å². The van der Waals surface area contributed by atoms with Gasteiger partial charge < -0.3 is 4.90 Å². The topological polar surface area (TPSA) is 57.7 Å². The number of carbonyl (C=O) groups is 3. The van der Waals surface area contributed by atoms with Crippen LogP contribution in [0.1, 0.15) is 33.6 Å². The van der Waals surface area contributed by atoms with E-state index in [-0.39, 0.29) is 17.6 Å². The normalized spacial score (nSPS) is 23.5. The maximum absolute atomic E-state index is 12.9. The molecule has 0 radical (unpaired) electrons. The van der Waals surface area contributed by atoms with Crippen LogP contribution in [-0.2, 0) is 14.4 Å². The first-order valence-electron chi connectivity index (χ1n) is 6.98. The number of hydrogen-bond acceptors (Lipinski definition) is 4. The minimum Gasteiger partial charge on any atom is -0.306 e. The number of hydrogen-bond donors (Lipinski definition) is 0. The van der Waals surface area contributed by atoms with E-state index in [0.29, 0.717) is 25.9 Å². The molecule has 0 unspecified atom stereocenters. The molecular formula is C15H22N2O3. The molecule has 1 fully saturated rings. The number of nitrogens with zero attached hydrogens (tertiary/aromatic N) is 2. The van der Waals surface area contributed by atoms with Gasteiger partial charge in [-0.3, -0.25) is 19.3 Å². The van der Waals surface area contributed by atoms with E-state index in [0.717, 1.165) is 0 Å². The highest BCUT2D eigenvalue weighted by Crippen LogP contribution is 2.37. The Labute approximate surface area is 119 Å². The van der Waals surface area contributed by atoms with E-state index in [4.69, 9.17) is 0 Å². The fourth-order valence-corrected chi connectivity index (χ4v) is 3.06. The molecule has 0 spiro atoms. The summed E-state index contributed by atoms with van der Waals surface area (Å²) in [6.45, 7) is 6.94. The first-order chi connectivity index (χ1) is 9.18. The molecule has 0 bridgehead atoms. The zero-order chi connectivity index (χ0) is 15.1. The predicted molar refractivity (Wildman–Crippen MR) is 74.9 cm³/mol. The molecule has 2 rings (SSSR count). The average molecular weight is 278 g/mol. The number of rotatable bonds is 2. The summed E-state index contributed by atoms with van der Waals surface area (Å²) in [5, 5.41) is 0. The van der Waals surface area contributed by atoms with E-state index < -0.39 is 11.0 Å². The third-order valence-electron chi connectivity index (χ3n) is 4.16. The van der Waals surface area contributed by atoms with E-state index in [1.807, 2.05) is 27.8 Å². The number of likely N-dealkylation sites (tertiary alicyclic amines) is 1. The van der Waals surface area contributed by atoms with Crippen LogP contribution >= 0.6 is 0 Å². The molecule has 5 heteroatoms. The Morgan fingerprint density at radius 1 is 1.10 bits per heavy atom. The lowest BCUT2D eigenvalue weighted by Gasteiger charge is -2.46. The molecular weight excluding hydrogens is 256 g/mol. The molecule has 2 aliphatic heterocycles. The Kier molecular flexibility index (Phi) is 3.58. The number of amides is 2. The fourth-order valence-electron chi connectivity index (χ4n) is 3.06. The zero-order valence-corrected chi connectivity index (χ0v) is 12.6. The first-order valence-corrected chi connectivity index (χ1v) is 6.98. The second-order valence-corrected chi connectivity index (χ2v) is 6.76. The van der Waals surface area contributed by atoms with Gasteiger partial charge in [0.15, 0.2) is 5.78 Å². The fraction of sp³-hybridized carbons (Fsp3) is 0.667. The van der Waals surface area contributed by atoms with Gasteiger partial charge in [-0.15, -0.1) is 0 Å². The first kappa shape index (κ1) is 14.9. The van der Waals surface area contributed by atoms with E-state index in [9.17, 15) is 14.4 Å². The standard InChI is InChI=1S/C15H22N2O3/c1-14(2,3)13(20)15(7-9-16(4)10-8-15)17-11(18)5-6-12(17)19/h5-6H,7-10H2,1-4H3. The SMILES string of the molecule is CN1CCC(C(=O)C(C)(C)C)(N2C(=O)C=CC2=O)CC1. The van der Waals surface area contributed by atoms with Gasteiger partial charge in [-0.2, -0.15) is 0 Å². The van der Waals surface area contributed by atoms with Crippen LogP contribution in [-0.4, -0.2) is 53.1 Å². The molecule has 2 aliphatic rings. The molecule has 0 atom stereocenters. The minimum atomic E-state index is -0.984. The summed E-state index contributed by atoms with van der Waals surface area (Å²) in [4.78, 5) is 40.3. The van der Waals surface area contributed by atoms with Crippen molar-refractivity contribution in [3.8, 4) is 0 Å². The predicted octanol–water partition coefficient (Wildman–Crippen LogP) is 0.991. The second kappa shape index (κ2) is 4.81. The van der Waals surface area contributed by atoms with E-state index in [1.54, 1.807) is 0 Å². The summed E-state index contributed by atoms with van der Waals surface area (Å²) in [7, 11) is 1.98. The van der Waals surface area contributed by atoms with Crippen LogP contribution in [0, 0.1) is 5.41 Å². The van der Waals surface area contributed by atoms with Gasteiger partial charge in [0.25, 0.3) is 11.8 Å². The highest BCUT2D eigenvalue weighted by atomic mass is 16.2. The van der Waals surface area contributed by atoms with Crippen molar-refractivity contribution < 1.29 is 14.4 Å². The molecule has 0 N–H and O–H groups in total. The third-order valence-corrected chi connectivity index (χ3v) is 4.16. The van der Waals surface area contributed by atoms with Gasteiger partial charge in [0.05, 0.1) is 0 Å². The summed E-state index contributed by atoms with van der Waals surface area (Å²) in [6, 6.07) is 0. The highest BCUT2D eigenvalue weighted by Gasteiger charge is 2.53. The summed E-state index contributed by atoms with van der Waals surface area (Å²) in [6.07, 6.45) is 3.55. The van der Waals surface area contributed by atoms with E-state index in [2.05, 4.69) is 4.90 Å². The lowest BCUT2D eigenvalue weighted by Crippen LogP contribution is -2.64. The van der Waals surface area contributed by atoms with Crippen LogP contribution in [0.15, 0.2) is 12.2 Å². The number of ketones is 1. The number of piperidine rings is 1. The third kappa shape index (κ3) is 2.30.